The normalized spacial score (nSPS) is 12.8. The van der Waals surface area contributed by atoms with Crippen LogP contribution >= 0.6 is 0 Å². The lowest BCUT2D eigenvalue weighted by Gasteiger charge is -2.20. The number of aromatic nitrogens is 3. The number of alkyl halides is 3. The summed E-state index contributed by atoms with van der Waals surface area (Å²) >= 11 is 0. The van der Waals surface area contributed by atoms with Crippen LogP contribution in [-0.4, -0.2) is 44.1 Å². The maximum Gasteiger partial charge on any atom is 0.400 e. The quantitative estimate of drug-likeness (QED) is 0.521. The number of rotatable bonds is 7. The van der Waals surface area contributed by atoms with Gasteiger partial charge in [-0.15, -0.1) is 0 Å². The zero-order chi connectivity index (χ0) is 20.2. The number of hydrogen-bond donors (Lipinski definition) is 0. The van der Waals surface area contributed by atoms with Crippen LogP contribution in [0.3, 0.4) is 0 Å². The molecule has 0 spiro atoms. The Kier molecular flexibility index (Phi) is 6.58. The van der Waals surface area contributed by atoms with Crippen LogP contribution in [0.25, 0.3) is 5.69 Å². The molecule has 1 atom stereocenters. The number of nitrogens with zero attached hydrogens (tertiary/aromatic N) is 4. The highest BCUT2D eigenvalue weighted by atomic mass is 32.2. The predicted molar refractivity (Wildman–Crippen MR) is 93.8 cm³/mol. The first-order valence-corrected chi connectivity index (χ1v) is 9.57. The lowest BCUT2D eigenvalue weighted by Crippen LogP contribution is -2.32. The molecular weight excluding hydrogens is 385 g/mol. The molecule has 0 saturated carbocycles. The minimum Gasteiger partial charge on any atom is -0.619 e. The monoisotopic (exact) mass is 404 g/mol. The van der Waals surface area contributed by atoms with Crippen LogP contribution in [-0.2, 0) is 15.6 Å². The molecule has 2 heterocycles. The van der Waals surface area contributed by atoms with Crippen LogP contribution in [0, 0.1) is 12.1 Å². The molecule has 148 valence electrons. The van der Waals surface area contributed by atoms with Gasteiger partial charge in [0.25, 0.3) is 0 Å². The Morgan fingerprint density at radius 3 is 2.74 bits per heavy atom. The molecule has 0 N–H and O–H groups in total. The van der Waals surface area contributed by atoms with Gasteiger partial charge in [0, 0.05) is 35.6 Å². The Morgan fingerprint density at radius 1 is 1.44 bits per heavy atom. The van der Waals surface area contributed by atoms with Gasteiger partial charge in [0.15, 0.2) is 6.20 Å². The highest BCUT2D eigenvalue weighted by Crippen LogP contribution is 2.22. The van der Waals surface area contributed by atoms with E-state index in [0.29, 0.717) is 21.8 Å². The third-order valence-electron chi connectivity index (χ3n) is 3.67. The van der Waals surface area contributed by atoms with Gasteiger partial charge in [0.1, 0.15) is 11.4 Å². The molecular formula is C16H19F3N4O3S. The number of carbonyl (C=O) groups is 1. The number of carbonyl (C=O) groups excluding carboxylic acids is 1. The Labute approximate surface area is 156 Å². The van der Waals surface area contributed by atoms with Crippen LogP contribution in [0.15, 0.2) is 30.7 Å². The third kappa shape index (κ3) is 5.78. The van der Waals surface area contributed by atoms with E-state index >= 15 is 0 Å². The van der Waals surface area contributed by atoms with Gasteiger partial charge in [-0.25, -0.2) is 4.68 Å². The number of hydrogen-bond acceptors (Lipinski definition) is 4. The van der Waals surface area contributed by atoms with Crippen molar-refractivity contribution in [3.05, 3.63) is 41.6 Å². The van der Waals surface area contributed by atoms with Crippen molar-refractivity contribution in [3.8, 4) is 5.69 Å². The number of halogens is 3. The predicted octanol–water partition coefficient (Wildman–Crippen LogP) is 1.87. The van der Waals surface area contributed by atoms with Crippen molar-refractivity contribution in [2.24, 2.45) is 0 Å². The zero-order valence-electron chi connectivity index (χ0n) is 14.8. The molecule has 2 aromatic heterocycles. The topological polar surface area (TPSA) is 82.1 Å². The van der Waals surface area contributed by atoms with Gasteiger partial charge >= 0.3 is 6.18 Å². The lowest BCUT2D eigenvalue weighted by molar-refractivity contribution is -0.605. The summed E-state index contributed by atoms with van der Waals surface area (Å²) < 4.78 is 50.3. The van der Waals surface area contributed by atoms with Gasteiger partial charge in [-0.1, -0.05) is 0 Å². The standard InChI is InChI=1S/C16H19F3N4O3S/c1-3-22(15(24)6-8-27(26)11-16(17,18)19)14-10-23(20-12(14)2)13-5-4-7-21(25)9-13/h4-5,7,9-10H,3,6,8,11H2,1-2H3. The summed E-state index contributed by atoms with van der Waals surface area (Å²) in [6.07, 6.45) is -0.589. The Hall–Kier alpha value is -2.43. The van der Waals surface area contributed by atoms with Crippen molar-refractivity contribution in [2.45, 2.75) is 26.4 Å². The maximum atomic E-state index is 12.4. The molecule has 7 nitrogen and oxygen atoms in total. The Morgan fingerprint density at radius 2 is 2.15 bits per heavy atom. The average molecular weight is 404 g/mol. The molecule has 0 fully saturated rings. The second-order valence-corrected chi connectivity index (χ2v) is 7.33. The van der Waals surface area contributed by atoms with E-state index in [2.05, 4.69) is 5.10 Å². The smallest absolute Gasteiger partial charge is 0.400 e. The number of pyridine rings is 1. The van der Waals surface area contributed by atoms with E-state index in [9.17, 15) is 27.4 Å². The van der Waals surface area contributed by atoms with Crippen molar-refractivity contribution in [3.63, 3.8) is 0 Å². The molecule has 0 aromatic carbocycles. The molecule has 1 amide bonds. The Bertz CT molecular complexity index is 839. The highest BCUT2D eigenvalue weighted by molar-refractivity contribution is 7.85. The molecule has 27 heavy (non-hydrogen) atoms. The van der Waals surface area contributed by atoms with E-state index in [-0.39, 0.29) is 18.7 Å². The molecule has 0 bridgehead atoms. The second kappa shape index (κ2) is 8.51. The first kappa shape index (κ1) is 20.9. The van der Waals surface area contributed by atoms with Gasteiger partial charge in [-0.3, -0.25) is 9.00 Å². The van der Waals surface area contributed by atoms with Gasteiger partial charge < -0.3 is 10.1 Å². The average Bonchev–Trinajstić information content (AvgIpc) is 2.94. The number of amides is 1. The summed E-state index contributed by atoms with van der Waals surface area (Å²) in [5, 5.41) is 15.7. The molecule has 0 aliphatic heterocycles. The summed E-state index contributed by atoms with van der Waals surface area (Å²) in [4.78, 5) is 13.8. The summed E-state index contributed by atoms with van der Waals surface area (Å²) in [5.41, 5.74) is 1.49. The van der Waals surface area contributed by atoms with Crippen molar-refractivity contribution in [2.75, 3.05) is 23.0 Å². The van der Waals surface area contributed by atoms with Gasteiger partial charge in [-0.05, 0) is 19.9 Å². The van der Waals surface area contributed by atoms with Crippen LogP contribution in [0.4, 0.5) is 18.9 Å². The maximum absolute atomic E-state index is 12.4. The highest BCUT2D eigenvalue weighted by Gasteiger charge is 2.30. The van der Waals surface area contributed by atoms with E-state index in [0.717, 1.165) is 0 Å². The van der Waals surface area contributed by atoms with E-state index in [1.165, 1.54) is 22.0 Å². The van der Waals surface area contributed by atoms with Gasteiger partial charge in [0.2, 0.25) is 12.1 Å². The number of aryl methyl sites for hydroxylation is 1. The third-order valence-corrected chi connectivity index (χ3v) is 4.98. The molecule has 0 aliphatic carbocycles. The molecule has 0 saturated heterocycles. The first-order valence-electron chi connectivity index (χ1n) is 8.08. The van der Waals surface area contributed by atoms with Crippen molar-refractivity contribution < 1.29 is 26.9 Å². The molecule has 0 aliphatic rings. The summed E-state index contributed by atoms with van der Waals surface area (Å²) in [5.74, 6) is -2.23. The fourth-order valence-corrected chi connectivity index (χ4v) is 3.41. The SMILES string of the molecule is CCN(C(=O)CCS(=O)CC(F)(F)F)c1cn(-c2ccc[n+]([O-])c2)nc1C. The second-order valence-electron chi connectivity index (χ2n) is 5.76. The van der Waals surface area contributed by atoms with Crippen LogP contribution in [0.1, 0.15) is 19.0 Å². The molecule has 0 radical (unpaired) electrons. The Balaban J connectivity index is 2.13. The van der Waals surface area contributed by atoms with E-state index in [1.54, 1.807) is 32.2 Å². The molecule has 2 aromatic rings. The van der Waals surface area contributed by atoms with E-state index < -0.39 is 28.6 Å². The van der Waals surface area contributed by atoms with Crippen LogP contribution < -0.4 is 9.63 Å². The number of anilines is 1. The first-order chi connectivity index (χ1) is 12.6. The van der Waals surface area contributed by atoms with Gasteiger partial charge in [0.05, 0.1) is 17.6 Å². The van der Waals surface area contributed by atoms with Gasteiger partial charge in [-0.2, -0.15) is 23.0 Å². The van der Waals surface area contributed by atoms with Crippen LogP contribution in [0.2, 0.25) is 0 Å². The summed E-state index contributed by atoms with van der Waals surface area (Å²) in [6, 6.07) is 3.22. The minimum absolute atomic E-state index is 0.271. The minimum atomic E-state index is -4.52. The molecule has 1 unspecified atom stereocenters. The largest absolute Gasteiger partial charge is 0.619 e. The van der Waals surface area contributed by atoms with Crippen molar-refractivity contribution >= 4 is 22.4 Å². The fraction of sp³-hybridized carbons (Fsp3) is 0.438. The fourth-order valence-electron chi connectivity index (χ4n) is 2.50. The molecule has 11 heteroatoms. The van der Waals surface area contributed by atoms with E-state index in [1.807, 2.05) is 0 Å². The summed E-state index contributed by atoms with van der Waals surface area (Å²) in [6.45, 7) is 3.67. The van der Waals surface area contributed by atoms with Crippen molar-refractivity contribution in [1.82, 2.24) is 9.78 Å². The lowest BCUT2D eigenvalue weighted by atomic mass is 10.3. The van der Waals surface area contributed by atoms with Crippen LogP contribution in [0.5, 0.6) is 0 Å². The summed E-state index contributed by atoms with van der Waals surface area (Å²) in [7, 11) is -2.15. The molecule has 2 rings (SSSR count). The van der Waals surface area contributed by atoms with E-state index in [4.69, 9.17) is 0 Å². The zero-order valence-corrected chi connectivity index (χ0v) is 15.6. The van der Waals surface area contributed by atoms with Crippen molar-refractivity contribution in [1.29, 1.82) is 0 Å².